The van der Waals surface area contributed by atoms with Crippen LogP contribution < -0.4 is 18.4 Å². The summed E-state index contributed by atoms with van der Waals surface area (Å²) in [5.41, 5.74) is 3.97. The summed E-state index contributed by atoms with van der Waals surface area (Å²) >= 11 is 1.92. The van der Waals surface area contributed by atoms with Crippen molar-refractivity contribution in [3.05, 3.63) is 161 Å². The summed E-state index contributed by atoms with van der Waals surface area (Å²) in [7, 11) is 0.628. The average molecular weight is 840 g/mol. The number of carbonyl (C=O) groups excluding carboxylic acids is 2. The van der Waals surface area contributed by atoms with Crippen molar-refractivity contribution in [2.45, 2.75) is 43.5 Å². The molecule has 5 aromatic carbocycles. The fraction of sp³-hybridized carbons (Fsp3) is 0.304. The zero-order valence-corrected chi connectivity index (χ0v) is 35.4. The molecule has 5 rings (SSSR count). The average Bonchev–Trinajstić information content (AvgIpc) is 3.24. The van der Waals surface area contributed by atoms with Gasteiger partial charge in [-0.05, 0) is 92.2 Å². The monoisotopic (exact) mass is 839 g/mol. The number of amides is 2. The first kappa shape index (κ1) is 44.8. The van der Waals surface area contributed by atoms with Gasteiger partial charge in [0.05, 0.1) is 16.9 Å². The molecule has 0 aliphatic carbocycles. The number of aliphatic hydroxyl groups excluding tert-OH is 1. The molecule has 13 heteroatoms. The molecule has 0 atom stereocenters. The van der Waals surface area contributed by atoms with E-state index >= 15 is 0 Å². The molecule has 0 aliphatic rings. The van der Waals surface area contributed by atoms with Gasteiger partial charge in [-0.15, -0.1) is 20.2 Å². The van der Waals surface area contributed by atoms with E-state index < -0.39 is 22.4 Å². The van der Waals surface area contributed by atoms with E-state index in [1.807, 2.05) is 49.0 Å². The van der Waals surface area contributed by atoms with Crippen LogP contribution in [0.5, 0.6) is 17.2 Å². The molecule has 0 radical (unpaired) electrons. The number of nitrogens with one attached hydrogen (secondary N) is 1. The predicted octanol–water partition coefficient (Wildman–Crippen LogP) is 8.28. The van der Waals surface area contributed by atoms with Crippen molar-refractivity contribution < 1.29 is 36.2 Å². The number of hydrogen-bond donors (Lipinski definition) is 2. The fourth-order valence-corrected chi connectivity index (χ4v) is 8.84. The topological polar surface area (TPSA) is 135 Å². The van der Waals surface area contributed by atoms with Crippen LogP contribution in [-0.2, 0) is 21.8 Å². The van der Waals surface area contributed by atoms with E-state index in [4.69, 9.17) is 13.1 Å². The van der Waals surface area contributed by atoms with Crippen molar-refractivity contribution in [1.29, 1.82) is 0 Å². The van der Waals surface area contributed by atoms with Gasteiger partial charge in [-0.2, -0.15) is 0 Å². The Bertz CT molecular complexity index is 2090. The molecule has 0 unspecified atom stereocenters. The van der Waals surface area contributed by atoms with Crippen molar-refractivity contribution in [3.8, 4) is 17.2 Å². The van der Waals surface area contributed by atoms with Gasteiger partial charge >= 0.3 is 16.5 Å². The molecule has 0 spiro atoms. The molecular formula is C46H53N3O8S2. The third kappa shape index (κ3) is 12.8. The van der Waals surface area contributed by atoms with E-state index in [-0.39, 0.29) is 34.2 Å². The summed E-state index contributed by atoms with van der Waals surface area (Å²) in [4.78, 5) is 29.5. The summed E-state index contributed by atoms with van der Waals surface area (Å²) in [5, 5.41) is 12.6. The molecular weight excluding hydrogens is 787 g/mol. The quantitative estimate of drug-likeness (QED) is 0.0518. The van der Waals surface area contributed by atoms with E-state index in [2.05, 4.69) is 78.1 Å². The van der Waals surface area contributed by atoms with Crippen molar-refractivity contribution in [2.24, 2.45) is 0 Å². The van der Waals surface area contributed by atoms with Crippen LogP contribution in [0.3, 0.4) is 0 Å². The second-order valence-corrected chi connectivity index (χ2v) is 16.7. The van der Waals surface area contributed by atoms with E-state index in [1.54, 1.807) is 13.1 Å². The zero-order chi connectivity index (χ0) is 42.1. The Morgan fingerprint density at radius 2 is 1.20 bits per heavy atom. The number of aliphatic hydroxyl groups is 1. The Hall–Kier alpha value is -5.34. The second-order valence-electron chi connectivity index (χ2n) is 14.3. The maximum Gasteiger partial charge on any atom is 0.501 e. The number of benzene rings is 5. The summed E-state index contributed by atoms with van der Waals surface area (Å²) in [6, 6.07) is 41.7. The molecule has 2 N–H and O–H groups in total. The Kier molecular flexibility index (Phi) is 16.8. The lowest BCUT2D eigenvalue weighted by atomic mass is 9.84. The Balaban J connectivity index is 1.15. The number of rotatable bonds is 22. The highest BCUT2D eigenvalue weighted by Gasteiger charge is 2.36. The number of thioether (sulfide) groups is 1. The van der Waals surface area contributed by atoms with Crippen LogP contribution in [0.15, 0.2) is 133 Å². The van der Waals surface area contributed by atoms with Gasteiger partial charge in [0.25, 0.3) is 5.91 Å². The van der Waals surface area contributed by atoms with Crippen molar-refractivity contribution in [2.75, 3.05) is 46.5 Å². The number of carbonyl (C=O) groups is 2. The number of ether oxygens (including phenoxy) is 1. The molecule has 59 heavy (non-hydrogen) atoms. The molecule has 0 aromatic heterocycles. The first-order chi connectivity index (χ1) is 28.5. The summed E-state index contributed by atoms with van der Waals surface area (Å²) in [6.07, 6.45) is 3.52. The number of unbranched alkanes of at least 4 members (excludes halogenated alkanes) is 3. The van der Waals surface area contributed by atoms with Gasteiger partial charge in [-0.3, -0.25) is 4.79 Å². The molecule has 11 nitrogen and oxygen atoms in total. The molecule has 0 aliphatic heterocycles. The van der Waals surface area contributed by atoms with Crippen molar-refractivity contribution in [1.82, 2.24) is 15.1 Å². The van der Waals surface area contributed by atoms with Gasteiger partial charge in [-0.25, -0.2) is 4.79 Å². The zero-order valence-electron chi connectivity index (χ0n) is 33.8. The van der Waals surface area contributed by atoms with Gasteiger partial charge in [-0.1, -0.05) is 122 Å². The van der Waals surface area contributed by atoms with Crippen LogP contribution in [0, 0.1) is 0 Å². The van der Waals surface area contributed by atoms with Gasteiger partial charge in [0.2, 0.25) is 0 Å². The highest BCUT2D eigenvalue weighted by molar-refractivity contribution is 8.00. The van der Waals surface area contributed by atoms with Crippen molar-refractivity contribution >= 4 is 34.2 Å². The van der Waals surface area contributed by atoms with Crippen molar-refractivity contribution in [3.63, 3.8) is 0 Å². The van der Waals surface area contributed by atoms with Crippen LogP contribution in [0.25, 0.3) is 0 Å². The minimum absolute atomic E-state index is 0.0849. The summed E-state index contributed by atoms with van der Waals surface area (Å²) in [5.74, 6) is -0.335. The van der Waals surface area contributed by atoms with Gasteiger partial charge in [0.1, 0.15) is 0 Å². The fourth-order valence-electron chi connectivity index (χ4n) is 6.52. The normalized spacial score (nSPS) is 11.5. The smallest absolute Gasteiger partial charge is 0.406 e. The predicted molar refractivity (Wildman–Crippen MR) is 233 cm³/mol. The maximum absolute atomic E-state index is 13.4. The minimum atomic E-state index is -4.82. The lowest BCUT2D eigenvalue weighted by molar-refractivity contribution is 0.0951. The van der Waals surface area contributed by atoms with Gasteiger partial charge < -0.3 is 33.3 Å². The number of hydrogen-bond acceptors (Lipinski definition) is 10. The van der Waals surface area contributed by atoms with Crippen LogP contribution in [0.1, 0.15) is 64.7 Å². The Morgan fingerprint density at radius 1 is 0.661 bits per heavy atom. The standard InChI is InChI=1S/C46H53N3O8S2/c1-48(2)31-19-32-49(3)45(52)55-42-26-15-16-27-43(42)57-59(53,54)56-41-29-28-36(35-50)34-40(41)44(51)47-30-17-4-5-18-33-58-46(37-20-9-6-10-21-37,38-22-11-7-12-23-38)39-24-13-8-14-25-39/h6-16,20-29,34,50H,4-5,17-19,30-33,35H2,1-3H3,(H,47,51). The first-order valence-corrected chi connectivity index (χ1v) is 22.0. The Labute approximate surface area is 352 Å². The third-order valence-electron chi connectivity index (χ3n) is 9.53. The van der Waals surface area contributed by atoms with Crippen LogP contribution in [0.2, 0.25) is 0 Å². The first-order valence-electron chi connectivity index (χ1n) is 19.7. The van der Waals surface area contributed by atoms with E-state index in [1.165, 1.54) is 58.0 Å². The SMILES string of the molecule is CN(C)CCCN(C)C(=O)Oc1ccccc1OS(=O)(=O)Oc1ccc(CO)cc1C(=O)NCCCCCCSC(c1ccccc1)(c1ccccc1)c1ccccc1. The van der Waals surface area contributed by atoms with E-state index in [9.17, 15) is 23.1 Å². The lowest BCUT2D eigenvalue weighted by Gasteiger charge is -2.35. The van der Waals surface area contributed by atoms with Crippen LogP contribution in [-0.4, -0.2) is 81.9 Å². The summed E-state index contributed by atoms with van der Waals surface area (Å²) in [6.45, 7) is 1.18. The third-order valence-corrected chi connectivity index (χ3v) is 11.9. The highest BCUT2D eigenvalue weighted by atomic mass is 32.3. The molecule has 0 fully saturated rings. The van der Waals surface area contributed by atoms with Gasteiger partial charge in [0, 0.05) is 20.1 Å². The molecule has 5 aromatic rings. The number of para-hydroxylation sites is 2. The summed E-state index contributed by atoms with van der Waals surface area (Å²) < 4.78 is 41.9. The maximum atomic E-state index is 13.4. The molecule has 0 saturated carbocycles. The molecule has 312 valence electrons. The highest BCUT2D eigenvalue weighted by Crippen LogP contribution is 2.48. The van der Waals surface area contributed by atoms with E-state index in [0.717, 1.165) is 31.6 Å². The molecule has 0 bridgehead atoms. The molecule has 0 saturated heterocycles. The lowest BCUT2D eigenvalue weighted by Crippen LogP contribution is -2.32. The van der Waals surface area contributed by atoms with Gasteiger partial charge in [0.15, 0.2) is 17.2 Å². The minimum Gasteiger partial charge on any atom is -0.406 e. The second kappa shape index (κ2) is 22.1. The molecule has 0 heterocycles. The van der Waals surface area contributed by atoms with E-state index in [0.29, 0.717) is 31.5 Å². The Morgan fingerprint density at radius 3 is 1.78 bits per heavy atom. The number of nitrogens with zero attached hydrogens (tertiary/aromatic N) is 2. The van der Waals surface area contributed by atoms with Crippen LogP contribution in [0.4, 0.5) is 4.79 Å². The molecule has 2 amide bonds. The largest absolute Gasteiger partial charge is 0.501 e. The van der Waals surface area contributed by atoms with Crippen LogP contribution >= 0.6 is 11.8 Å².